The van der Waals surface area contributed by atoms with Crippen molar-refractivity contribution in [1.29, 1.82) is 0 Å². The van der Waals surface area contributed by atoms with Gasteiger partial charge in [0.15, 0.2) is 0 Å². The number of nitrogens with zero attached hydrogens (tertiary/aromatic N) is 1. The fraction of sp³-hybridized carbons (Fsp3) is 0.640. The second-order valence-corrected chi connectivity index (χ2v) is 11.2. The van der Waals surface area contributed by atoms with Crippen LogP contribution < -0.4 is 5.30 Å². The van der Waals surface area contributed by atoms with E-state index in [2.05, 4.69) is 44.2 Å². The van der Waals surface area contributed by atoms with Gasteiger partial charge in [-0.2, -0.15) is 0 Å². The molecule has 28 heavy (non-hydrogen) atoms. The predicted octanol–water partition coefficient (Wildman–Crippen LogP) is 6.34. The second-order valence-electron chi connectivity index (χ2n) is 8.39. The Hall–Kier alpha value is -1.14. The van der Waals surface area contributed by atoms with E-state index in [-0.39, 0.29) is 13.8 Å². The first-order valence-electron chi connectivity index (χ1n) is 11.6. The number of hydrogen-bond donors (Lipinski definition) is 0. The molecule has 1 aromatic carbocycles. The third kappa shape index (κ3) is 5.47. The molecule has 0 radical (unpaired) electrons. The Kier molecular flexibility index (Phi) is 8.59. The van der Waals surface area contributed by atoms with Crippen LogP contribution in [0.4, 0.5) is 0 Å². The Morgan fingerprint density at radius 3 is 2.00 bits per heavy atom. The van der Waals surface area contributed by atoms with Crippen LogP contribution in [-0.2, 0) is 4.79 Å². The molecule has 154 valence electrons. The third-order valence-electron chi connectivity index (χ3n) is 6.63. The van der Waals surface area contributed by atoms with Crippen molar-refractivity contribution in [2.45, 2.75) is 89.4 Å². The smallest absolute Gasteiger partial charge is 0.246 e. The van der Waals surface area contributed by atoms with Gasteiger partial charge in [-0.05, 0) is 67.8 Å². The highest BCUT2D eigenvalue weighted by molar-refractivity contribution is 7.67. The molecule has 0 spiro atoms. The third-order valence-corrected chi connectivity index (χ3v) is 10.2. The highest BCUT2D eigenvalue weighted by atomic mass is 31.1. The van der Waals surface area contributed by atoms with E-state index in [0.717, 1.165) is 24.4 Å². The Morgan fingerprint density at radius 1 is 0.929 bits per heavy atom. The molecule has 3 rings (SSSR count). The number of amides is 1. The molecule has 0 saturated heterocycles. The van der Waals surface area contributed by atoms with E-state index in [0.29, 0.717) is 0 Å². The zero-order valence-electron chi connectivity index (χ0n) is 17.9. The Bertz CT molecular complexity index is 622. The fourth-order valence-corrected chi connectivity index (χ4v) is 9.01. The molecule has 0 heterocycles. The van der Waals surface area contributed by atoms with Gasteiger partial charge in [-0.3, -0.25) is 4.79 Å². The molecule has 2 fully saturated rings. The van der Waals surface area contributed by atoms with Crippen LogP contribution >= 0.6 is 7.92 Å². The van der Waals surface area contributed by atoms with Crippen LogP contribution in [0.25, 0.3) is 6.08 Å². The van der Waals surface area contributed by atoms with Gasteiger partial charge < -0.3 is 4.90 Å². The van der Waals surface area contributed by atoms with Gasteiger partial charge >= 0.3 is 0 Å². The van der Waals surface area contributed by atoms with Crippen LogP contribution in [-0.4, -0.2) is 35.2 Å². The number of likely N-dealkylation sites (N-methyl/N-ethyl adjacent to an activating group) is 1. The molecule has 0 aromatic heterocycles. The summed E-state index contributed by atoms with van der Waals surface area (Å²) < 4.78 is 0. The molecular formula is C25H38NOP. The molecule has 1 aromatic rings. The van der Waals surface area contributed by atoms with Crippen LogP contribution in [0.5, 0.6) is 0 Å². The fourth-order valence-electron chi connectivity index (χ4n) is 5.08. The average molecular weight is 400 g/mol. The van der Waals surface area contributed by atoms with E-state index in [4.69, 9.17) is 0 Å². The minimum Gasteiger partial charge on any atom is -0.340 e. The number of rotatable bonds is 7. The van der Waals surface area contributed by atoms with E-state index in [9.17, 15) is 4.79 Å². The molecule has 2 nitrogen and oxygen atoms in total. The lowest BCUT2D eigenvalue weighted by Gasteiger charge is -2.39. The lowest BCUT2D eigenvalue weighted by atomic mass is 9.99. The quantitative estimate of drug-likeness (QED) is 0.387. The molecule has 2 saturated carbocycles. The Labute approximate surface area is 173 Å². The van der Waals surface area contributed by atoms with Crippen molar-refractivity contribution in [3.63, 3.8) is 0 Å². The summed E-state index contributed by atoms with van der Waals surface area (Å²) in [5.41, 5.74) is 3.07. The molecule has 2 aliphatic rings. The Balaban J connectivity index is 1.88. The van der Waals surface area contributed by atoms with Crippen molar-refractivity contribution < 1.29 is 4.79 Å². The first kappa shape index (κ1) is 21.6. The first-order valence-corrected chi connectivity index (χ1v) is 13.1. The van der Waals surface area contributed by atoms with E-state index in [1.807, 2.05) is 4.90 Å². The largest absolute Gasteiger partial charge is 0.340 e. The highest BCUT2D eigenvalue weighted by Gasteiger charge is 2.33. The SMILES string of the molecule is CCN(CC)C(=O)/C=C/c1ccccc1P(C1CCCCC1)C1CCCCC1. The average Bonchev–Trinajstić information content (AvgIpc) is 2.76. The molecular weight excluding hydrogens is 361 g/mol. The van der Waals surface area contributed by atoms with Crippen LogP contribution in [0.3, 0.4) is 0 Å². The molecule has 0 bridgehead atoms. The zero-order chi connectivity index (χ0) is 19.8. The van der Waals surface area contributed by atoms with Crippen LogP contribution in [0, 0.1) is 0 Å². The number of hydrogen-bond acceptors (Lipinski definition) is 1. The highest BCUT2D eigenvalue weighted by Crippen LogP contribution is 2.55. The lowest BCUT2D eigenvalue weighted by Crippen LogP contribution is -2.29. The second kappa shape index (κ2) is 11.1. The van der Waals surface area contributed by atoms with Gasteiger partial charge in [-0.1, -0.05) is 70.7 Å². The molecule has 3 heteroatoms. The minimum absolute atomic E-state index is 0.138. The van der Waals surface area contributed by atoms with Crippen molar-refractivity contribution in [1.82, 2.24) is 4.90 Å². The topological polar surface area (TPSA) is 20.3 Å². The van der Waals surface area contributed by atoms with Crippen molar-refractivity contribution in [3.8, 4) is 0 Å². The molecule has 0 atom stereocenters. The van der Waals surface area contributed by atoms with Crippen molar-refractivity contribution in [3.05, 3.63) is 35.9 Å². The van der Waals surface area contributed by atoms with Crippen molar-refractivity contribution >= 4 is 25.2 Å². The molecule has 0 unspecified atom stereocenters. The van der Waals surface area contributed by atoms with Gasteiger partial charge in [0.25, 0.3) is 0 Å². The number of benzene rings is 1. The zero-order valence-corrected chi connectivity index (χ0v) is 18.8. The van der Waals surface area contributed by atoms with E-state index in [1.165, 1.54) is 69.8 Å². The summed E-state index contributed by atoms with van der Waals surface area (Å²) in [7, 11) is -0.142. The van der Waals surface area contributed by atoms with Crippen LogP contribution in [0.1, 0.15) is 83.6 Å². The number of carbonyl (C=O) groups excluding carboxylic acids is 1. The minimum atomic E-state index is -0.142. The van der Waals surface area contributed by atoms with Gasteiger partial charge in [0.2, 0.25) is 5.91 Å². The van der Waals surface area contributed by atoms with Gasteiger partial charge in [0, 0.05) is 19.2 Å². The maximum absolute atomic E-state index is 12.5. The summed E-state index contributed by atoms with van der Waals surface area (Å²) >= 11 is 0. The van der Waals surface area contributed by atoms with Gasteiger partial charge in [-0.25, -0.2) is 0 Å². The summed E-state index contributed by atoms with van der Waals surface area (Å²) in [5, 5.41) is 1.57. The van der Waals surface area contributed by atoms with Gasteiger partial charge in [-0.15, -0.1) is 0 Å². The predicted molar refractivity (Wildman–Crippen MR) is 124 cm³/mol. The van der Waals surface area contributed by atoms with Crippen molar-refractivity contribution in [2.24, 2.45) is 0 Å². The normalized spacial score (nSPS) is 19.4. The number of carbonyl (C=O) groups is 1. The summed E-state index contributed by atoms with van der Waals surface area (Å²) in [6.07, 6.45) is 18.1. The van der Waals surface area contributed by atoms with E-state index < -0.39 is 0 Å². The molecule has 2 aliphatic carbocycles. The lowest BCUT2D eigenvalue weighted by molar-refractivity contribution is -0.125. The Morgan fingerprint density at radius 2 is 1.46 bits per heavy atom. The van der Waals surface area contributed by atoms with Crippen molar-refractivity contribution in [2.75, 3.05) is 13.1 Å². The monoisotopic (exact) mass is 399 g/mol. The molecule has 0 N–H and O–H groups in total. The summed E-state index contributed by atoms with van der Waals surface area (Å²) in [4.78, 5) is 14.4. The summed E-state index contributed by atoms with van der Waals surface area (Å²) in [6, 6.07) is 8.99. The molecule has 1 amide bonds. The first-order chi connectivity index (χ1) is 13.7. The van der Waals surface area contributed by atoms with E-state index in [1.54, 1.807) is 11.4 Å². The van der Waals surface area contributed by atoms with E-state index >= 15 is 0 Å². The summed E-state index contributed by atoms with van der Waals surface area (Å²) in [5.74, 6) is 0.138. The maximum atomic E-state index is 12.5. The van der Waals surface area contributed by atoms with Gasteiger partial charge in [0.1, 0.15) is 0 Å². The maximum Gasteiger partial charge on any atom is 0.246 e. The van der Waals surface area contributed by atoms with Gasteiger partial charge in [0.05, 0.1) is 0 Å². The summed E-state index contributed by atoms with van der Waals surface area (Å²) in [6.45, 7) is 5.65. The molecule has 0 aliphatic heterocycles. The standard InChI is InChI=1S/C25H38NOP/c1-3-26(4-2)25(27)20-19-21-13-11-12-18-24(21)28(22-14-7-5-8-15-22)23-16-9-6-10-17-23/h11-13,18-20,22-23H,3-10,14-17H2,1-2H3/b20-19+. The van der Waals surface area contributed by atoms with Crippen LogP contribution in [0.15, 0.2) is 30.3 Å². The van der Waals surface area contributed by atoms with Crippen LogP contribution in [0.2, 0.25) is 0 Å².